The molecule has 0 saturated carbocycles. The molecule has 1 saturated heterocycles. The molecule has 0 aromatic heterocycles. The highest BCUT2D eigenvalue weighted by Crippen LogP contribution is 2.40. The molecule has 210 valence electrons. The number of carbonyl (C=O) groups is 2. The Balaban J connectivity index is 1.70. The first-order chi connectivity index (χ1) is 18.9. The van der Waals surface area contributed by atoms with Crippen molar-refractivity contribution >= 4 is 17.4 Å². The first kappa shape index (κ1) is 28.7. The summed E-state index contributed by atoms with van der Waals surface area (Å²) in [4.78, 5) is 29.8. The maximum atomic E-state index is 13.9. The highest BCUT2D eigenvalue weighted by atomic mass is 16.5. The number of likely N-dealkylation sites (tertiary alicyclic amines) is 1. The van der Waals surface area contributed by atoms with Crippen molar-refractivity contribution in [3.63, 3.8) is 0 Å². The number of ether oxygens (including phenoxy) is 2. The van der Waals surface area contributed by atoms with Crippen molar-refractivity contribution in [2.75, 3.05) is 32.8 Å². The SMILES string of the molecule is CCCCCOc1cccc(C2C(=C([O-])c3ccc4c(c3)CC(C)O4)C(=O)C(=O)N2CCC[NH+](CC)CC)c1. The molecule has 1 amide bonds. The van der Waals surface area contributed by atoms with Gasteiger partial charge in [0.1, 0.15) is 17.6 Å². The average molecular weight is 535 g/mol. The van der Waals surface area contributed by atoms with E-state index in [0.717, 1.165) is 62.2 Å². The number of fused-ring (bicyclic) bond motifs is 1. The molecule has 2 unspecified atom stereocenters. The Labute approximate surface area is 232 Å². The van der Waals surface area contributed by atoms with Crippen molar-refractivity contribution in [3.05, 3.63) is 64.7 Å². The number of nitrogens with zero attached hydrogens (tertiary/aromatic N) is 1. The molecule has 2 aromatic rings. The molecule has 4 rings (SSSR count). The largest absolute Gasteiger partial charge is 0.872 e. The number of carbonyl (C=O) groups excluding carboxylic acids is 2. The maximum Gasteiger partial charge on any atom is 0.295 e. The van der Waals surface area contributed by atoms with Gasteiger partial charge in [-0.3, -0.25) is 9.59 Å². The van der Waals surface area contributed by atoms with Gasteiger partial charge in [0.25, 0.3) is 5.91 Å². The van der Waals surface area contributed by atoms with Gasteiger partial charge in [-0.2, -0.15) is 0 Å². The van der Waals surface area contributed by atoms with Crippen LogP contribution in [0.25, 0.3) is 5.76 Å². The van der Waals surface area contributed by atoms with Crippen LogP contribution in [0.4, 0.5) is 0 Å². The van der Waals surface area contributed by atoms with Gasteiger partial charge in [0, 0.05) is 25.0 Å². The molecule has 0 bridgehead atoms. The monoisotopic (exact) mass is 534 g/mol. The Hall–Kier alpha value is -3.32. The standard InChI is InChI=1S/C32H42N2O5/c1-5-8-9-18-38-26-13-10-12-23(21-26)29-28(30(35)24-14-15-27-25(20-24)19-22(4)39-27)31(36)32(37)34(29)17-11-16-33(6-2)7-3/h10,12-15,20-22,29,35H,5-9,11,16-19H2,1-4H3. The molecule has 0 spiro atoms. The molecule has 7 nitrogen and oxygen atoms in total. The summed E-state index contributed by atoms with van der Waals surface area (Å²) < 4.78 is 11.8. The Kier molecular flexibility index (Phi) is 9.68. The van der Waals surface area contributed by atoms with E-state index >= 15 is 0 Å². The molecular formula is C32H42N2O5. The molecule has 2 atom stereocenters. The molecule has 7 heteroatoms. The number of benzene rings is 2. The molecule has 2 aliphatic rings. The minimum Gasteiger partial charge on any atom is -0.872 e. The molecule has 2 heterocycles. The van der Waals surface area contributed by atoms with Crippen LogP contribution in [0, 0.1) is 0 Å². The van der Waals surface area contributed by atoms with E-state index in [1.165, 1.54) is 4.90 Å². The van der Waals surface area contributed by atoms with Crippen LogP contribution in [0.5, 0.6) is 11.5 Å². The first-order valence-electron chi connectivity index (χ1n) is 14.5. The zero-order valence-corrected chi connectivity index (χ0v) is 23.8. The Morgan fingerprint density at radius 2 is 1.87 bits per heavy atom. The summed E-state index contributed by atoms with van der Waals surface area (Å²) in [5.41, 5.74) is 2.10. The lowest BCUT2D eigenvalue weighted by molar-refractivity contribution is -0.896. The van der Waals surface area contributed by atoms with Crippen molar-refractivity contribution in [3.8, 4) is 11.5 Å². The van der Waals surface area contributed by atoms with Crippen molar-refractivity contribution in [2.45, 2.75) is 71.9 Å². The van der Waals surface area contributed by atoms with Gasteiger partial charge in [0.15, 0.2) is 0 Å². The van der Waals surface area contributed by atoms with E-state index in [9.17, 15) is 14.7 Å². The summed E-state index contributed by atoms with van der Waals surface area (Å²) in [5, 5.41) is 13.9. The zero-order chi connectivity index (χ0) is 27.9. The number of amides is 1. The van der Waals surface area contributed by atoms with Gasteiger partial charge in [0.2, 0.25) is 5.78 Å². The Morgan fingerprint density at radius 3 is 2.62 bits per heavy atom. The normalized spacial score (nSPS) is 20.0. The topological polar surface area (TPSA) is 83.3 Å². The lowest BCUT2D eigenvalue weighted by Gasteiger charge is -2.28. The molecule has 2 aliphatic heterocycles. The number of Topliss-reactive ketones (excluding diaryl/α,β-unsaturated/α-hetero) is 1. The van der Waals surface area contributed by atoms with Gasteiger partial charge in [-0.15, -0.1) is 0 Å². The molecule has 0 radical (unpaired) electrons. The predicted octanol–water partition coefficient (Wildman–Crippen LogP) is 3.12. The van der Waals surface area contributed by atoms with Crippen molar-refractivity contribution in [2.24, 2.45) is 0 Å². The van der Waals surface area contributed by atoms with E-state index in [1.807, 2.05) is 37.3 Å². The Morgan fingerprint density at radius 1 is 1.08 bits per heavy atom. The summed E-state index contributed by atoms with van der Waals surface area (Å²) in [5.74, 6) is -0.266. The maximum absolute atomic E-state index is 13.9. The fourth-order valence-electron chi connectivity index (χ4n) is 5.59. The van der Waals surface area contributed by atoms with E-state index in [4.69, 9.17) is 9.47 Å². The quantitative estimate of drug-likeness (QED) is 0.185. The summed E-state index contributed by atoms with van der Waals surface area (Å²) in [6.45, 7) is 12.3. The average Bonchev–Trinajstić information content (AvgIpc) is 3.44. The molecular weight excluding hydrogens is 492 g/mol. The zero-order valence-electron chi connectivity index (χ0n) is 23.8. The van der Waals surface area contributed by atoms with Gasteiger partial charge in [-0.1, -0.05) is 43.7 Å². The van der Waals surface area contributed by atoms with E-state index < -0.39 is 23.5 Å². The van der Waals surface area contributed by atoms with Crippen LogP contribution < -0.4 is 19.5 Å². The lowest BCUT2D eigenvalue weighted by atomic mass is 9.94. The first-order valence-corrected chi connectivity index (χ1v) is 14.5. The second-order valence-corrected chi connectivity index (χ2v) is 10.6. The Bertz CT molecular complexity index is 1200. The van der Waals surface area contributed by atoms with Gasteiger partial charge in [-0.05, 0) is 68.1 Å². The second kappa shape index (κ2) is 13.2. The smallest absolute Gasteiger partial charge is 0.295 e. The van der Waals surface area contributed by atoms with Gasteiger partial charge in [-0.25, -0.2) is 0 Å². The molecule has 2 aromatic carbocycles. The van der Waals surface area contributed by atoms with Crippen LogP contribution in [0.15, 0.2) is 48.0 Å². The van der Waals surface area contributed by atoms with Crippen LogP contribution >= 0.6 is 0 Å². The van der Waals surface area contributed by atoms with Crippen LogP contribution in [0.3, 0.4) is 0 Å². The van der Waals surface area contributed by atoms with E-state index in [0.29, 0.717) is 30.9 Å². The molecule has 1 fully saturated rings. The third kappa shape index (κ3) is 6.47. The summed E-state index contributed by atoms with van der Waals surface area (Å²) >= 11 is 0. The number of rotatable bonds is 13. The van der Waals surface area contributed by atoms with E-state index in [-0.39, 0.29) is 11.7 Å². The summed E-state index contributed by atoms with van der Waals surface area (Å²) in [7, 11) is 0. The van der Waals surface area contributed by atoms with Crippen molar-refractivity contribution < 1.29 is 29.1 Å². The number of hydrogen-bond acceptors (Lipinski definition) is 5. The van der Waals surface area contributed by atoms with E-state index in [2.05, 4.69) is 20.8 Å². The second-order valence-electron chi connectivity index (χ2n) is 10.6. The third-order valence-corrected chi connectivity index (χ3v) is 7.81. The summed E-state index contributed by atoms with van der Waals surface area (Å²) in [6.07, 6.45) is 4.65. The number of unbranched alkanes of at least 4 members (excludes halogenated alkanes) is 2. The predicted molar refractivity (Wildman–Crippen MR) is 150 cm³/mol. The number of quaternary nitrogens is 1. The fourth-order valence-corrected chi connectivity index (χ4v) is 5.59. The number of nitrogens with one attached hydrogen (secondary N) is 1. The van der Waals surface area contributed by atoms with Gasteiger partial charge in [0.05, 0.1) is 32.3 Å². The number of hydrogen-bond donors (Lipinski definition) is 1. The third-order valence-electron chi connectivity index (χ3n) is 7.81. The van der Waals surface area contributed by atoms with Crippen LogP contribution in [-0.4, -0.2) is 55.5 Å². The van der Waals surface area contributed by atoms with Crippen LogP contribution in [0.2, 0.25) is 0 Å². The minimum absolute atomic E-state index is 0.0187. The highest BCUT2D eigenvalue weighted by Gasteiger charge is 2.44. The minimum atomic E-state index is -0.744. The van der Waals surface area contributed by atoms with Crippen molar-refractivity contribution in [1.82, 2.24) is 4.90 Å². The van der Waals surface area contributed by atoms with Crippen LogP contribution in [-0.2, 0) is 16.0 Å². The highest BCUT2D eigenvalue weighted by molar-refractivity contribution is 6.46. The van der Waals surface area contributed by atoms with Gasteiger partial charge >= 0.3 is 0 Å². The molecule has 1 N–H and O–H groups in total. The van der Waals surface area contributed by atoms with E-state index in [1.54, 1.807) is 17.0 Å². The van der Waals surface area contributed by atoms with Crippen LogP contribution in [0.1, 0.15) is 76.1 Å². The van der Waals surface area contributed by atoms with Crippen molar-refractivity contribution in [1.29, 1.82) is 0 Å². The fraction of sp³-hybridized carbons (Fsp3) is 0.500. The van der Waals surface area contributed by atoms with Gasteiger partial charge < -0.3 is 24.4 Å². The lowest BCUT2D eigenvalue weighted by Crippen LogP contribution is -3.11. The summed E-state index contributed by atoms with van der Waals surface area (Å²) in [6, 6.07) is 12.0. The molecule has 39 heavy (non-hydrogen) atoms. The molecule has 0 aliphatic carbocycles. The number of ketones is 1.